The van der Waals surface area contributed by atoms with Crippen LogP contribution in [0.5, 0.6) is 0 Å². The van der Waals surface area contributed by atoms with Gasteiger partial charge in [0.2, 0.25) is 16.0 Å². The molecule has 0 atom stereocenters. The maximum absolute atomic E-state index is 12.3. The number of nitrogens with one attached hydrogen (secondary N) is 2. The Hall–Kier alpha value is -2.00. The van der Waals surface area contributed by atoms with Crippen LogP contribution >= 0.6 is 0 Å². The molecule has 0 amide bonds. The minimum absolute atomic E-state index is 0.125. The van der Waals surface area contributed by atoms with Crippen LogP contribution in [0.1, 0.15) is 31.2 Å². The first kappa shape index (κ1) is 16.5. The maximum Gasteiger partial charge on any atom is 0.252 e. The van der Waals surface area contributed by atoms with Gasteiger partial charge in [-0.1, -0.05) is 0 Å². The molecule has 1 aliphatic heterocycles. The lowest BCUT2D eigenvalue weighted by Gasteiger charge is -2.31. The number of pyridine rings is 1. The number of aromatic amines is 1. The fourth-order valence-corrected chi connectivity index (χ4v) is 5.06. The molecular formula is C16H21N5O3S. The molecule has 9 heteroatoms. The predicted octanol–water partition coefficient (Wildman–Crippen LogP) is 0.995. The Morgan fingerprint density at radius 1 is 1.24 bits per heavy atom. The van der Waals surface area contributed by atoms with Crippen LogP contribution in [-0.4, -0.2) is 52.1 Å². The van der Waals surface area contributed by atoms with Crippen molar-refractivity contribution in [2.45, 2.75) is 43.9 Å². The number of aromatic nitrogens is 3. The third kappa shape index (κ3) is 3.25. The molecule has 0 spiro atoms. The molecule has 2 aromatic heterocycles. The predicted molar refractivity (Wildman–Crippen MR) is 95.1 cm³/mol. The lowest BCUT2D eigenvalue weighted by atomic mass is 10.1. The molecule has 2 aliphatic rings. The molecule has 134 valence electrons. The number of fused-ring (bicyclic) bond motifs is 1. The second kappa shape index (κ2) is 6.06. The third-order valence-electron chi connectivity index (χ3n) is 4.87. The van der Waals surface area contributed by atoms with E-state index in [1.807, 2.05) is 0 Å². The number of hydrogen-bond donors (Lipinski definition) is 2. The largest absolute Gasteiger partial charge is 0.351 e. The monoisotopic (exact) mass is 363 g/mol. The molecule has 2 aromatic rings. The van der Waals surface area contributed by atoms with Gasteiger partial charge in [0.05, 0.1) is 5.25 Å². The number of rotatable bonds is 4. The molecule has 0 radical (unpaired) electrons. The second-order valence-electron chi connectivity index (χ2n) is 6.84. The molecule has 0 bridgehead atoms. The highest BCUT2D eigenvalue weighted by molar-refractivity contribution is 7.90. The van der Waals surface area contributed by atoms with Gasteiger partial charge in [-0.25, -0.2) is 17.7 Å². The van der Waals surface area contributed by atoms with Crippen molar-refractivity contribution in [2.75, 3.05) is 18.4 Å². The molecule has 0 aromatic carbocycles. The number of hydrogen-bond acceptors (Lipinski definition) is 6. The van der Waals surface area contributed by atoms with Crippen LogP contribution in [0.25, 0.3) is 11.0 Å². The van der Waals surface area contributed by atoms with Gasteiger partial charge in [-0.3, -0.25) is 4.79 Å². The van der Waals surface area contributed by atoms with Crippen LogP contribution in [-0.2, 0) is 10.0 Å². The van der Waals surface area contributed by atoms with Crippen LogP contribution < -0.4 is 10.9 Å². The van der Waals surface area contributed by atoms with Crippen LogP contribution in [0.3, 0.4) is 0 Å². The summed E-state index contributed by atoms with van der Waals surface area (Å²) >= 11 is 0. The first-order chi connectivity index (χ1) is 11.9. The molecule has 4 rings (SSSR count). The fourth-order valence-electron chi connectivity index (χ4n) is 3.19. The molecule has 25 heavy (non-hydrogen) atoms. The first-order valence-corrected chi connectivity index (χ1v) is 10.1. The number of sulfonamides is 1. The molecule has 1 saturated heterocycles. The number of anilines is 1. The molecule has 3 heterocycles. The summed E-state index contributed by atoms with van der Waals surface area (Å²) in [6, 6.07) is 1.89. The Balaban J connectivity index is 1.44. The highest BCUT2D eigenvalue weighted by Crippen LogP contribution is 2.32. The molecule has 1 saturated carbocycles. The summed E-state index contributed by atoms with van der Waals surface area (Å²) < 4.78 is 26.1. The Labute approximate surface area is 145 Å². The average molecular weight is 363 g/mol. The smallest absolute Gasteiger partial charge is 0.252 e. The Bertz CT molecular complexity index is 959. The topological polar surface area (TPSA) is 108 Å². The quantitative estimate of drug-likeness (QED) is 0.839. The summed E-state index contributed by atoms with van der Waals surface area (Å²) in [7, 11) is -3.09. The van der Waals surface area contributed by atoms with Crippen LogP contribution in [0.15, 0.2) is 17.1 Å². The highest BCUT2D eigenvalue weighted by Gasteiger charge is 2.41. The van der Waals surface area contributed by atoms with E-state index in [1.165, 1.54) is 0 Å². The molecule has 2 N–H and O–H groups in total. The van der Waals surface area contributed by atoms with E-state index >= 15 is 0 Å². The van der Waals surface area contributed by atoms with Crippen molar-refractivity contribution in [3.63, 3.8) is 0 Å². The van der Waals surface area contributed by atoms with Crippen molar-refractivity contribution in [2.24, 2.45) is 0 Å². The van der Waals surface area contributed by atoms with Crippen molar-refractivity contribution in [1.29, 1.82) is 0 Å². The molecular weight excluding hydrogens is 342 g/mol. The number of piperidine rings is 1. The Kier molecular flexibility index (Phi) is 3.99. The minimum Gasteiger partial charge on any atom is -0.351 e. The van der Waals surface area contributed by atoms with Crippen LogP contribution in [0.2, 0.25) is 0 Å². The number of aryl methyl sites for hydroxylation is 1. The normalized spacial score (nSPS) is 20.0. The lowest BCUT2D eigenvalue weighted by Crippen LogP contribution is -2.43. The number of H-pyrrole nitrogens is 1. The summed E-state index contributed by atoms with van der Waals surface area (Å²) in [5, 5.41) is 3.89. The highest BCUT2D eigenvalue weighted by atomic mass is 32.2. The van der Waals surface area contributed by atoms with E-state index in [1.54, 1.807) is 23.5 Å². The van der Waals surface area contributed by atoms with E-state index in [-0.39, 0.29) is 16.9 Å². The van der Waals surface area contributed by atoms with Crippen LogP contribution in [0.4, 0.5) is 5.95 Å². The van der Waals surface area contributed by atoms with Gasteiger partial charge in [0.15, 0.2) is 0 Å². The molecule has 1 aliphatic carbocycles. The van der Waals surface area contributed by atoms with E-state index in [0.717, 1.165) is 31.1 Å². The molecule has 2 fully saturated rings. The summed E-state index contributed by atoms with van der Waals surface area (Å²) in [6.45, 7) is 2.80. The average Bonchev–Trinajstić information content (AvgIpc) is 3.42. The van der Waals surface area contributed by atoms with Gasteiger partial charge in [-0.05, 0) is 38.7 Å². The summed E-state index contributed by atoms with van der Waals surface area (Å²) in [6.07, 6.45) is 4.71. The zero-order chi connectivity index (χ0) is 17.6. The first-order valence-electron chi connectivity index (χ1n) is 8.55. The fraction of sp³-hybridized carbons (Fsp3) is 0.562. The third-order valence-corrected chi connectivity index (χ3v) is 7.27. The van der Waals surface area contributed by atoms with E-state index < -0.39 is 10.0 Å². The maximum atomic E-state index is 12.3. The molecule has 0 unspecified atom stereocenters. The van der Waals surface area contributed by atoms with Gasteiger partial charge in [0, 0.05) is 36.3 Å². The van der Waals surface area contributed by atoms with Crippen molar-refractivity contribution >= 4 is 27.0 Å². The van der Waals surface area contributed by atoms with Gasteiger partial charge >= 0.3 is 0 Å². The molecule has 8 nitrogen and oxygen atoms in total. The van der Waals surface area contributed by atoms with Crippen molar-refractivity contribution in [3.05, 3.63) is 28.2 Å². The van der Waals surface area contributed by atoms with Crippen LogP contribution in [0, 0.1) is 6.92 Å². The zero-order valence-corrected chi connectivity index (χ0v) is 14.8. The zero-order valence-electron chi connectivity index (χ0n) is 14.0. The van der Waals surface area contributed by atoms with Gasteiger partial charge in [0.25, 0.3) is 5.56 Å². The Morgan fingerprint density at radius 3 is 2.64 bits per heavy atom. The van der Waals surface area contributed by atoms with E-state index in [2.05, 4.69) is 20.3 Å². The van der Waals surface area contributed by atoms with E-state index in [9.17, 15) is 13.2 Å². The Morgan fingerprint density at radius 2 is 1.96 bits per heavy atom. The van der Waals surface area contributed by atoms with E-state index in [4.69, 9.17) is 0 Å². The second-order valence-corrected chi connectivity index (χ2v) is 9.05. The van der Waals surface area contributed by atoms with Crippen molar-refractivity contribution in [1.82, 2.24) is 19.3 Å². The SMILES string of the molecule is Cc1cc2cnc(NC3CCN(S(=O)(=O)C4CC4)CC3)nc2[nH]c1=O. The standard InChI is InChI=1S/C16H21N5O3S/c1-10-8-11-9-17-16(20-14(11)19-15(10)22)18-12-4-6-21(7-5-12)25(23,24)13-2-3-13/h8-9,12-13H,2-7H2,1H3,(H2,17,18,19,20,22). The van der Waals surface area contributed by atoms with Crippen molar-refractivity contribution in [3.8, 4) is 0 Å². The summed E-state index contributed by atoms with van der Waals surface area (Å²) in [5.41, 5.74) is 0.971. The van der Waals surface area contributed by atoms with Gasteiger partial charge < -0.3 is 10.3 Å². The summed E-state index contributed by atoms with van der Waals surface area (Å²) in [4.78, 5) is 23.1. The minimum atomic E-state index is -3.09. The van der Waals surface area contributed by atoms with Gasteiger partial charge in [0.1, 0.15) is 5.65 Å². The summed E-state index contributed by atoms with van der Waals surface area (Å²) in [5.74, 6) is 0.454. The van der Waals surface area contributed by atoms with E-state index in [0.29, 0.717) is 30.2 Å². The lowest BCUT2D eigenvalue weighted by molar-refractivity contribution is 0.328. The van der Waals surface area contributed by atoms with Crippen molar-refractivity contribution < 1.29 is 8.42 Å². The van der Waals surface area contributed by atoms with Gasteiger partial charge in [-0.2, -0.15) is 4.98 Å². The van der Waals surface area contributed by atoms with Gasteiger partial charge in [-0.15, -0.1) is 0 Å². The number of nitrogens with zero attached hydrogens (tertiary/aromatic N) is 3.